The molecule has 0 aliphatic rings. The normalized spacial score (nSPS) is 12.1. The van der Waals surface area contributed by atoms with Gasteiger partial charge in [0.25, 0.3) is 0 Å². The van der Waals surface area contributed by atoms with Gasteiger partial charge in [-0.2, -0.15) is 0 Å². The third kappa shape index (κ3) is 5.65. The number of phenols is 1. The van der Waals surface area contributed by atoms with Crippen molar-refractivity contribution in [3.63, 3.8) is 0 Å². The molecule has 2 aromatic carbocycles. The van der Waals surface area contributed by atoms with Crippen molar-refractivity contribution in [2.45, 2.75) is 26.1 Å². The Labute approximate surface area is 147 Å². The second kappa shape index (κ2) is 9.49. The van der Waals surface area contributed by atoms with E-state index in [-0.39, 0.29) is 29.3 Å². The topological polar surface area (TPSA) is 76.0 Å². The molecule has 0 saturated heterocycles. The number of aromatic hydroxyl groups is 1. The summed E-state index contributed by atoms with van der Waals surface area (Å²) in [6.07, 6.45) is 3.55. The van der Waals surface area contributed by atoms with Gasteiger partial charge in [-0.25, -0.2) is 0 Å². The standard InChI is InChI=1S/C20H22O5/c1-2-3-12-24-13-11-19(22)25-16-9-10-17(18(21)14-16)20(23)15-7-5-4-6-8-15/h3-10,12,14,19,21-22H,2,11,13H2,1H3. The Hall–Kier alpha value is -2.79. The van der Waals surface area contributed by atoms with E-state index in [9.17, 15) is 15.0 Å². The Morgan fingerprint density at radius 3 is 2.64 bits per heavy atom. The molecule has 132 valence electrons. The molecule has 0 aromatic heterocycles. The van der Waals surface area contributed by atoms with Crippen LogP contribution in [0.5, 0.6) is 11.5 Å². The summed E-state index contributed by atoms with van der Waals surface area (Å²) in [5, 5.41) is 19.9. The number of carbonyl (C=O) groups excluding carboxylic acids is 1. The van der Waals surface area contributed by atoms with Gasteiger partial charge in [0, 0.05) is 18.1 Å². The fourth-order valence-electron chi connectivity index (χ4n) is 2.14. The van der Waals surface area contributed by atoms with Crippen molar-refractivity contribution < 1.29 is 24.5 Å². The van der Waals surface area contributed by atoms with Crippen molar-refractivity contribution >= 4 is 5.78 Å². The minimum Gasteiger partial charge on any atom is -0.507 e. The molecule has 0 bridgehead atoms. The molecule has 0 radical (unpaired) electrons. The molecule has 0 aliphatic carbocycles. The highest BCUT2D eigenvalue weighted by Gasteiger charge is 2.15. The number of rotatable bonds is 9. The van der Waals surface area contributed by atoms with Crippen molar-refractivity contribution in [2.75, 3.05) is 6.61 Å². The van der Waals surface area contributed by atoms with E-state index in [4.69, 9.17) is 9.47 Å². The first-order chi connectivity index (χ1) is 12.1. The van der Waals surface area contributed by atoms with Gasteiger partial charge in [0.1, 0.15) is 11.5 Å². The summed E-state index contributed by atoms with van der Waals surface area (Å²) in [5.74, 6) is -0.194. The SMILES string of the molecule is CCC=COCCC(O)Oc1ccc(C(=O)c2ccccc2)c(O)c1. The first-order valence-electron chi connectivity index (χ1n) is 8.16. The van der Waals surface area contributed by atoms with Gasteiger partial charge in [-0.05, 0) is 18.6 Å². The van der Waals surface area contributed by atoms with Crippen LogP contribution in [0, 0.1) is 0 Å². The highest BCUT2D eigenvalue weighted by atomic mass is 16.6. The average molecular weight is 342 g/mol. The summed E-state index contributed by atoms with van der Waals surface area (Å²) in [5.41, 5.74) is 0.671. The number of benzene rings is 2. The summed E-state index contributed by atoms with van der Waals surface area (Å²) in [6.45, 7) is 2.31. The molecule has 1 unspecified atom stereocenters. The lowest BCUT2D eigenvalue weighted by molar-refractivity contribution is -0.0340. The van der Waals surface area contributed by atoms with Gasteiger partial charge in [0.05, 0.1) is 18.4 Å². The number of phenolic OH excluding ortho intramolecular Hbond substituents is 1. The Bertz CT molecular complexity index is 709. The molecular formula is C20H22O5. The van der Waals surface area contributed by atoms with E-state index in [2.05, 4.69) is 0 Å². The minimum atomic E-state index is -1.06. The van der Waals surface area contributed by atoms with Crippen molar-refractivity contribution in [1.82, 2.24) is 0 Å². The lowest BCUT2D eigenvalue weighted by Gasteiger charge is -2.14. The molecule has 0 fully saturated rings. The highest BCUT2D eigenvalue weighted by molar-refractivity contribution is 6.10. The third-order valence-corrected chi connectivity index (χ3v) is 3.43. The maximum absolute atomic E-state index is 12.4. The van der Waals surface area contributed by atoms with Crippen LogP contribution in [0.25, 0.3) is 0 Å². The largest absolute Gasteiger partial charge is 0.507 e. The van der Waals surface area contributed by atoms with Crippen LogP contribution in [0.3, 0.4) is 0 Å². The molecule has 2 aromatic rings. The maximum Gasteiger partial charge on any atom is 0.200 e. The van der Waals surface area contributed by atoms with Crippen LogP contribution in [0.4, 0.5) is 0 Å². The van der Waals surface area contributed by atoms with Gasteiger partial charge in [-0.3, -0.25) is 4.79 Å². The monoisotopic (exact) mass is 342 g/mol. The van der Waals surface area contributed by atoms with Crippen molar-refractivity contribution in [1.29, 1.82) is 0 Å². The molecule has 2 rings (SSSR count). The van der Waals surface area contributed by atoms with Gasteiger partial charge in [0.15, 0.2) is 5.78 Å². The molecule has 0 spiro atoms. The fourth-order valence-corrected chi connectivity index (χ4v) is 2.14. The van der Waals surface area contributed by atoms with Crippen LogP contribution in [0.1, 0.15) is 35.7 Å². The number of hydrogen-bond donors (Lipinski definition) is 2. The number of ketones is 1. The zero-order chi connectivity index (χ0) is 18.1. The zero-order valence-electron chi connectivity index (χ0n) is 14.1. The van der Waals surface area contributed by atoms with Crippen LogP contribution in [-0.4, -0.2) is 28.9 Å². The molecule has 0 aliphatic heterocycles. The summed E-state index contributed by atoms with van der Waals surface area (Å²) < 4.78 is 10.5. The molecular weight excluding hydrogens is 320 g/mol. The first-order valence-corrected chi connectivity index (χ1v) is 8.16. The van der Waals surface area contributed by atoms with E-state index in [1.54, 1.807) is 30.5 Å². The zero-order valence-corrected chi connectivity index (χ0v) is 14.1. The van der Waals surface area contributed by atoms with Crippen LogP contribution in [0.2, 0.25) is 0 Å². The average Bonchev–Trinajstić information content (AvgIpc) is 2.62. The molecule has 5 heteroatoms. The van der Waals surface area contributed by atoms with Gasteiger partial charge in [-0.1, -0.05) is 43.3 Å². The second-order valence-corrected chi connectivity index (χ2v) is 5.39. The fraction of sp³-hybridized carbons (Fsp3) is 0.250. The van der Waals surface area contributed by atoms with E-state index < -0.39 is 6.29 Å². The molecule has 5 nitrogen and oxygen atoms in total. The van der Waals surface area contributed by atoms with E-state index in [0.717, 1.165) is 6.42 Å². The quantitative estimate of drug-likeness (QED) is 0.315. The van der Waals surface area contributed by atoms with Gasteiger partial charge in [-0.15, -0.1) is 0 Å². The number of hydrogen-bond acceptors (Lipinski definition) is 5. The van der Waals surface area contributed by atoms with E-state index in [1.807, 2.05) is 19.1 Å². The molecule has 0 amide bonds. The minimum absolute atomic E-state index is 0.182. The Balaban J connectivity index is 1.95. The number of carbonyl (C=O) groups is 1. The first kappa shape index (κ1) is 18.5. The third-order valence-electron chi connectivity index (χ3n) is 3.43. The number of allylic oxidation sites excluding steroid dienone is 1. The summed E-state index contributed by atoms with van der Waals surface area (Å²) in [7, 11) is 0. The lowest BCUT2D eigenvalue weighted by atomic mass is 10.0. The molecule has 0 saturated carbocycles. The summed E-state index contributed by atoms with van der Waals surface area (Å²) >= 11 is 0. The van der Waals surface area contributed by atoms with Gasteiger partial charge >= 0.3 is 0 Å². The van der Waals surface area contributed by atoms with Crippen molar-refractivity contribution in [3.8, 4) is 11.5 Å². The Kier molecular flexibility index (Phi) is 7.04. The number of ether oxygens (including phenoxy) is 2. The Morgan fingerprint density at radius 2 is 1.96 bits per heavy atom. The predicted octanol–water partition coefficient (Wildman–Crippen LogP) is 3.65. The van der Waals surface area contributed by atoms with Gasteiger partial charge < -0.3 is 19.7 Å². The Morgan fingerprint density at radius 1 is 1.20 bits per heavy atom. The van der Waals surface area contributed by atoms with Gasteiger partial charge in [0.2, 0.25) is 6.29 Å². The van der Waals surface area contributed by atoms with E-state index in [0.29, 0.717) is 12.2 Å². The van der Waals surface area contributed by atoms with Crippen LogP contribution >= 0.6 is 0 Å². The molecule has 0 heterocycles. The number of aliphatic hydroxyl groups excluding tert-OH is 1. The smallest absolute Gasteiger partial charge is 0.200 e. The van der Waals surface area contributed by atoms with Crippen LogP contribution < -0.4 is 4.74 Å². The van der Waals surface area contributed by atoms with Crippen molar-refractivity contribution in [3.05, 3.63) is 72.0 Å². The summed E-state index contributed by atoms with van der Waals surface area (Å²) in [4.78, 5) is 12.4. The number of aliphatic hydroxyl groups is 1. The molecule has 25 heavy (non-hydrogen) atoms. The molecule has 1 atom stereocenters. The lowest BCUT2D eigenvalue weighted by Crippen LogP contribution is -2.17. The van der Waals surface area contributed by atoms with E-state index >= 15 is 0 Å². The highest BCUT2D eigenvalue weighted by Crippen LogP contribution is 2.26. The maximum atomic E-state index is 12.4. The van der Waals surface area contributed by atoms with Crippen LogP contribution in [-0.2, 0) is 4.74 Å². The van der Waals surface area contributed by atoms with Crippen molar-refractivity contribution in [2.24, 2.45) is 0 Å². The predicted molar refractivity (Wildman–Crippen MR) is 94.6 cm³/mol. The molecule has 2 N–H and O–H groups in total. The second-order valence-electron chi connectivity index (χ2n) is 5.39. The van der Waals surface area contributed by atoms with Crippen LogP contribution in [0.15, 0.2) is 60.9 Å². The van der Waals surface area contributed by atoms with E-state index in [1.165, 1.54) is 18.2 Å². The summed E-state index contributed by atoms with van der Waals surface area (Å²) in [6, 6.07) is 13.0.